The summed E-state index contributed by atoms with van der Waals surface area (Å²) in [6.45, 7) is 0. The van der Waals surface area contributed by atoms with Crippen molar-refractivity contribution in [3.63, 3.8) is 0 Å². The van der Waals surface area contributed by atoms with Crippen LogP contribution in [0.15, 0.2) is 24.3 Å². The van der Waals surface area contributed by atoms with E-state index in [2.05, 4.69) is 5.32 Å². The molecule has 0 spiro atoms. The topological polar surface area (TPSA) is 64.3 Å². The van der Waals surface area contributed by atoms with E-state index in [1.54, 1.807) is 7.11 Å². The normalized spacial score (nSPS) is 23.0. The van der Waals surface area contributed by atoms with Crippen LogP contribution in [0.3, 0.4) is 0 Å². The molecule has 104 valence electrons. The molecular formula is C15H22N2O2. The van der Waals surface area contributed by atoms with E-state index in [-0.39, 0.29) is 5.91 Å². The van der Waals surface area contributed by atoms with E-state index in [9.17, 15) is 4.79 Å². The Labute approximate surface area is 114 Å². The van der Waals surface area contributed by atoms with Crippen LogP contribution in [-0.4, -0.2) is 25.2 Å². The zero-order valence-electron chi connectivity index (χ0n) is 11.4. The number of anilines is 1. The SMILES string of the molecule is COC1CCCC(Nc2ccc(CC(N)=O)cc2)C1. The van der Waals surface area contributed by atoms with E-state index in [0.29, 0.717) is 18.6 Å². The van der Waals surface area contributed by atoms with Crippen LogP contribution in [0.25, 0.3) is 0 Å². The molecule has 3 N–H and O–H groups in total. The molecule has 19 heavy (non-hydrogen) atoms. The van der Waals surface area contributed by atoms with Gasteiger partial charge in [-0.15, -0.1) is 0 Å². The monoisotopic (exact) mass is 262 g/mol. The van der Waals surface area contributed by atoms with Gasteiger partial charge in [0, 0.05) is 18.8 Å². The standard InChI is InChI=1S/C15H22N2O2/c1-19-14-4-2-3-13(10-14)17-12-7-5-11(6-8-12)9-15(16)18/h5-8,13-14,17H,2-4,9-10H2,1H3,(H2,16,18). The van der Waals surface area contributed by atoms with Gasteiger partial charge in [0.2, 0.25) is 5.91 Å². The Kier molecular flexibility index (Phi) is 4.80. The summed E-state index contributed by atoms with van der Waals surface area (Å²) in [5.74, 6) is -0.295. The first-order valence-electron chi connectivity index (χ1n) is 6.84. The molecule has 4 heteroatoms. The third kappa shape index (κ3) is 4.24. The van der Waals surface area contributed by atoms with E-state index >= 15 is 0 Å². The van der Waals surface area contributed by atoms with Crippen LogP contribution in [0, 0.1) is 0 Å². The maximum absolute atomic E-state index is 10.8. The van der Waals surface area contributed by atoms with Crippen LogP contribution < -0.4 is 11.1 Å². The Morgan fingerprint density at radius 1 is 1.37 bits per heavy atom. The Bertz CT molecular complexity index is 417. The highest BCUT2D eigenvalue weighted by Crippen LogP contribution is 2.24. The quantitative estimate of drug-likeness (QED) is 0.854. The smallest absolute Gasteiger partial charge is 0.221 e. The third-order valence-corrected chi connectivity index (χ3v) is 3.66. The van der Waals surface area contributed by atoms with Gasteiger partial charge >= 0.3 is 0 Å². The number of methoxy groups -OCH3 is 1. The number of amides is 1. The van der Waals surface area contributed by atoms with E-state index in [0.717, 1.165) is 24.1 Å². The highest BCUT2D eigenvalue weighted by molar-refractivity contribution is 5.76. The Morgan fingerprint density at radius 3 is 2.74 bits per heavy atom. The van der Waals surface area contributed by atoms with Gasteiger partial charge in [0.25, 0.3) is 0 Å². The van der Waals surface area contributed by atoms with Gasteiger partial charge in [-0.2, -0.15) is 0 Å². The molecule has 1 saturated carbocycles. The molecule has 0 aromatic heterocycles. The number of nitrogens with two attached hydrogens (primary N) is 1. The van der Waals surface area contributed by atoms with Gasteiger partial charge in [0.1, 0.15) is 0 Å². The van der Waals surface area contributed by atoms with E-state index in [1.165, 1.54) is 12.8 Å². The largest absolute Gasteiger partial charge is 0.382 e. The minimum absolute atomic E-state index is 0.295. The summed E-state index contributed by atoms with van der Waals surface area (Å²) >= 11 is 0. The first-order valence-corrected chi connectivity index (χ1v) is 6.84. The second-order valence-corrected chi connectivity index (χ2v) is 5.21. The van der Waals surface area contributed by atoms with Gasteiger partial charge < -0.3 is 15.8 Å². The molecule has 2 rings (SSSR count). The van der Waals surface area contributed by atoms with E-state index in [4.69, 9.17) is 10.5 Å². The van der Waals surface area contributed by atoms with Gasteiger partial charge in [-0.1, -0.05) is 12.1 Å². The third-order valence-electron chi connectivity index (χ3n) is 3.66. The lowest BCUT2D eigenvalue weighted by atomic mass is 9.92. The summed E-state index contributed by atoms with van der Waals surface area (Å²) in [6, 6.07) is 8.39. The van der Waals surface area contributed by atoms with Crippen molar-refractivity contribution in [3.8, 4) is 0 Å². The number of primary amides is 1. The summed E-state index contributed by atoms with van der Waals surface area (Å²) in [6.07, 6.45) is 5.28. The molecule has 0 aliphatic heterocycles. The molecule has 1 aliphatic rings. The molecule has 0 heterocycles. The minimum atomic E-state index is -0.295. The Hall–Kier alpha value is -1.55. The number of hydrogen-bond acceptors (Lipinski definition) is 3. The van der Waals surface area contributed by atoms with Crippen LogP contribution in [-0.2, 0) is 16.0 Å². The number of hydrogen-bond donors (Lipinski definition) is 2. The summed E-state index contributed by atoms with van der Waals surface area (Å²) in [5.41, 5.74) is 7.22. The zero-order chi connectivity index (χ0) is 13.7. The van der Waals surface area contributed by atoms with E-state index in [1.807, 2.05) is 24.3 Å². The van der Waals surface area contributed by atoms with Crippen molar-refractivity contribution in [2.24, 2.45) is 5.73 Å². The van der Waals surface area contributed by atoms with Gasteiger partial charge in [-0.05, 0) is 43.4 Å². The first-order chi connectivity index (χ1) is 9.17. The highest BCUT2D eigenvalue weighted by Gasteiger charge is 2.21. The molecule has 0 radical (unpaired) electrons. The van der Waals surface area contributed by atoms with Crippen LogP contribution in [0.5, 0.6) is 0 Å². The van der Waals surface area contributed by atoms with Gasteiger partial charge in [0.15, 0.2) is 0 Å². The molecule has 1 fully saturated rings. The van der Waals surface area contributed by atoms with Gasteiger partial charge in [-0.3, -0.25) is 4.79 Å². The fourth-order valence-corrected chi connectivity index (χ4v) is 2.65. The van der Waals surface area contributed by atoms with Crippen LogP contribution >= 0.6 is 0 Å². The number of carbonyl (C=O) groups is 1. The molecular weight excluding hydrogens is 240 g/mol. The van der Waals surface area contributed by atoms with Gasteiger partial charge in [-0.25, -0.2) is 0 Å². The van der Waals surface area contributed by atoms with Crippen molar-refractivity contribution in [1.82, 2.24) is 0 Å². The summed E-state index contributed by atoms with van der Waals surface area (Å²) in [7, 11) is 1.78. The van der Waals surface area contributed by atoms with Crippen molar-refractivity contribution < 1.29 is 9.53 Å². The fourth-order valence-electron chi connectivity index (χ4n) is 2.65. The predicted molar refractivity (Wildman–Crippen MR) is 76.0 cm³/mol. The Balaban J connectivity index is 1.90. The van der Waals surface area contributed by atoms with Crippen molar-refractivity contribution >= 4 is 11.6 Å². The Morgan fingerprint density at radius 2 is 2.11 bits per heavy atom. The lowest BCUT2D eigenvalue weighted by Gasteiger charge is -2.29. The second-order valence-electron chi connectivity index (χ2n) is 5.21. The lowest BCUT2D eigenvalue weighted by Crippen LogP contribution is -2.30. The fraction of sp³-hybridized carbons (Fsp3) is 0.533. The molecule has 0 saturated heterocycles. The molecule has 2 atom stereocenters. The van der Waals surface area contributed by atoms with Crippen molar-refractivity contribution in [1.29, 1.82) is 0 Å². The van der Waals surface area contributed by atoms with Crippen LogP contribution in [0.2, 0.25) is 0 Å². The van der Waals surface area contributed by atoms with Gasteiger partial charge in [0.05, 0.1) is 12.5 Å². The number of nitrogens with one attached hydrogen (secondary N) is 1. The highest BCUT2D eigenvalue weighted by atomic mass is 16.5. The van der Waals surface area contributed by atoms with Crippen molar-refractivity contribution in [2.75, 3.05) is 12.4 Å². The average molecular weight is 262 g/mol. The summed E-state index contributed by atoms with van der Waals surface area (Å²) in [5, 5.41) is 3.53. The second kappa shape index (κ2) is 6.57. The molecule has 1 amide bonds. The zero-order valence-corrected chi connectivity index (χ0v) is 11.4. The maximum atomic E-state index is 10.8. The summed E-state index contributed by atoms with van der Waals surface area (Å²) < 4.78 is 5.43. The van der Waals surface area contributed by atoms with E-state index < -0.39 is 0 Å². The number of ether oxygens (including phenoxy) is 1. The number of benzene rings is 1. The molecule has 1 aliphatic carbocycles. The molecule has 1 aromatic rings. The predicted octanol–water partition coefficient (Wildman–Crippen LogP) is 2.08. The van der Waals surface area contributed by atoms with Crippen molar-refractivity contribution in [2.45, 2.75) is 44.2 Å². The molecule has 1 aromatic carbocycles. The number of carbonyl (C=O) groups excluding carboxylic acids is 1. The molecule has 0 bridgehead atoms. The number of rotatable bonds is 5. The minimum Gasteiger partial charge on any atom is -0.382 e. The lowest BCUT2D eigenvalue weighted by molar-refractivity contribution is -0.117. The average Bonchev–Trinajstić information content (AvgIpc) is 2.41. The maximum Gasteiger partial charge on any atom is 0.221 e. The van der Waals surface area contributed by atoms with Crippen LogP contribution in [0.4, 0.5) is 5.69 Å². The molecule has 4 nitrogen and oxygen atoms in total. The first kappa shape index (κ1) is 13.9. The molecule has 2 unspecified atom stereocenters. The van der Waals surface area contributed by atoms with Crippen LogP contribution in [0.1, 0.15) is 31.2 Å². The van der Waals surface area contributed by atoms with Crippen molar-refractivity contribution in [3.05, 3.63) is 29.8 Å². The summed E-state index contributed by atoms with van der Waals surface area (Å²) in [4.78, 5) is 10.8.